The van der Waals surface area contributed by atoms with Gasteiger partial charge in [0.1, 0.15) is 24.6 Å². The van der Waals surface area contributed by atoms with Crippen LogP contribution in [-0.2, 0) is 20.8 Å². The van der Waals surface area contributed by atoms with Gasteiger partial charge in [-0.2, -0.15) is 0 Å². The first kappa shape index (κ1) is 29.3. The predicted octanol–water partition coefficient (Wildman–Crippen LogP) is 2.91. The minimum absolute atomic E-state index is 0.149. The average molecular weight is 601 g/mol. The summed E-state index contributed by atoms with van der Waals surface area (Å²) in [6.07, 6.45) is 5.61. The fourth-order valence-electron chi connectivity index (χ4n) is 5.40. The Hall–Kier alpha value is -4.76. The molecule has 14 nitrogen and oxygen atoms in total. The molecular formula is C30H32N8O6. The van der Waals surface area contributed by atoms with Gasteiger partial charge in [-0.1, -0.05) is 36.4 Å². The maximum atomic E-state index is 12.2. The number of carboxylic acid groups (broad SMARTS) is 1. The number of imidazole rings is 1. The fourth-order valence-corrected chi connectivity index (χ4v) is 5.40. The summed E-state index contributed by atoms with van der Waals surface area (Å²) in [5, 5.41) is 15.0. The maximum absolute atomic E-state index is 12.2. The molecule has 3 aromatic heterocycles. The van der Waals surface area contributed by atoms with Gasteiger partial charge in [-0.15, -0.1) is 0 Å². The number of hydrogen-bond acceptors (Lipinski definition) is 10. The molecular weight excluding hydrogens is 568 g/mol. The predicted molar refractivity (Wildman–Crippen MR) is 158 cm³/mol. The number of aromatic carboxylic acids is 1. The van der Waals surface area contributed by atoms with E-state index in [1.807, 2.05) is 61.4 Å². The van der Waals surface area contributed by atoms with E-state index in [1.165, 1.54) is 12.4 Å². The largest absolute Gasteiger partial charge is 0.478 e. The number of carboxylic acids is 1. The number of amides is 2. The van der Waals surface area contributed by atoms with Crippen molar-refractivity contribution in [2.24, 2.45) is 0 Å². The quantitative estimate of drug-likeness (QED) is 0.245. The van der Waals surface area contributed by atoms with Gasteiger partial charge in [0.25, 0.3) is 0 Å². The van der Waals surface area contributed by atoms with Crippen molar-refractivity contribution in [2.45, 2.75) is 44.3 Å². The van der Waals surface area contributed by atoms with Crippen molar-refractivity contribution >= 4 is 35.1 Å². The van der Waals surface area contributed by atoms with E-state index in [0.717, 1.165) is 5.56 Å². The van der Waals surface area contributed by atoms with Crippen LogP contribution >= 0.6 is 0 Å². The third-order valence-corrected chi connectivity index (χ3v) is 7.35. The van der Waals surface area contributed by atoms with Crippen LogP contribution in [0.2, 0.25) is 0 Å². The van der Waals surface area contributed by atoms with E-state index in [2.05, 4.69) is 30.6 Å². The van der Waals surface area contributed by atoms with Crippen molar-refractivity contribution in [3.8, 4) is 0 Å². The Bertz CT molecular complexity index is 1660. The van der Waals surface area contributed by atoms with Crippen molar-refractivity contribution in [1.82, 2.24) is 34.7 Å². The number of urea groups is 1. The highest BCUT2D eigenvalue weighted by atomic mass is 16.8. The first-order valence-corrected chi connectivity index (χ1v) is 14.2. The minimum Gasteiger partial charge on any atom is -0.478 e. The summed E-state index contributed by atoms with van der Waals surface area (Å²) in [5.74, 6) is -0.767. The average Bonchev–Trinajstić information content (AvgIpc) is 3.72. The number of hydrogen-bond donors (Lipinski definition) is 3. The lowest BCUT2D eigenvalue weighted by molar-refractivity contribution is -0.129. The van der Waals surface area contributed by atoms with Crippen LogP contribution in [0.1, 0.15) is 34.8 Å². The van der Waals surface area contributed by atoms with Crippen LogP contribution in [0.4, 0.5) is 10.6 Å². The molecule has 14 heteroatoms. The van der Waals surface area contributed by atoms with E-state index in [4.69, 9.17) is 14.2 Å². The maximum Gasteiger partial charge on any atom is 0.337 e. The molecule has 4 aromatic rings. The zero-order valence-electron chi connectivity index (χ0n) is 24.1. The standard InChI is InChI=1S/C30H32N8O6/c1-3-31-30(41)36-26-23-27(34-16-33-26)38(17-35-23)28-25-24(43-22(44-25)12-11-18-8-5-4-6-9-18)21(42-28)15-37(2)14-20-19(29(39)40)10-7-13-32-20/h4-13,16-17,21-22,24-25,28H,3,14-15H2,1-2H3,(H,39,40)(H2,31,33,34,36,41)/t21?,22-,24?,25?,28?/m0/s1. The highest BCUT2D eigenvalue weighted by Gasteiger charge is 2.53. The second kappa shape index (κ2) is 12.9. The molecule has 2 saturated heterocycles. The molecule has 5 heterocycles. The van der Waals surface area contributed by atoms with Gasteiger partial charge >= 0.3 is 12.0 Å². The van der Waals surface area contributed by atoms with Gasteiger partial charge in [0.05, 0.1) is 17.6 Å². The molecule has 2 fully saturated rings. The Balaban J connectivity index is 1.26. The van der Waals surface area contributed by atoms with Crippen LogP contribution in [0, 0.1) is 0 Å². The van der Waals surface area contributed by atoms with Crippen LogP contribution in [0.25, 0.3) is 17.2 Å². The summed E-state index contributed by atoms with van der Waals surface area (Å²) < 4.78 is 21.1. The number of carbonyl (C=O) groups excluding carboxylic acids is 1. The van der Waals surface area contributed by atoms with Crippen LogP contribution in [0.15, 0.2) is 67.4 Å². The Labute approximate surface area is 252 Å². The number of benzene rings is 1. The van der Waals surface area contributed by atoms with E-state index >= 15 is 0 Å². The Morgan fingerprint density at radius 3 is 2.66 bits per heavy atom. The lowest BCUT2D eigenvalue weighted by atomic mass is 10.1. The molecule has 0 saturated carbocycles. The molecule has 2 aliphatic rings. The molecule has 228 valence electrons. The van der Waals surface area contributed by atoms with E-state index in [0.29, 0.717) is 36.5 Å². The highest BCUT2D eigenvalue weighted by Crippen LogP contribution is 2.41. The lowest BCUT2D eigenvalue weighted by Crippen LogP contribution is -2.37. The molecule has 3 N–H and O–H groups in total. The van der Waals surface area contributed by atoms with Crippen molar-refractivity contribution in [3.63, 3.8) is 0 Å². The van der Waals surface area contributed by atoms with Gasteiger partial charge in [0, 0.05) is 25.8 Å². The van der Waals surface area contributed by atoms with Crippen LogP contribution in [-0.4, -0.2) is 91.2 Å². The normalized spacial score (nSPS) is 22.9. The van der Waals surface area contributed by atoms with E-state index < -0.39 is 42.8 Å². The number of likely N-dealkylation sites (N-methyl/N-ethyl adjacent to an activating group) is 1. The Kier molecular flexibility index (Phi) is 8.56. The number of anilines is 1. The summed E-state index contributed by atoms with van der Waals surface area (Å²) in [6, 6.07) is 12.6. The third-order valence-electron chi connectivity index (χ3n) is 7.35. The number of aromatic nitrogens is 5. The van der Waals surface area contributed by atoms with Gasteiger partial charge in [0.15, 0.2) is 29.5 Å². The molecule has 44 heavy (non-hydrogen) atoms. The minimum atomic E-state index is -1.03. The number of ether oxygens (including phenoxy) is 3. The molecule has 6 rings (SSSR count). The van der Waals surface area contributed by atoms with Gasteiger partial charge in [-0.05, 0) is 37.7 Å². The number of rotatable bonds is 10. The van der Waals surface area contributed by atoms with Crippen molar-refractivity contribution < 1.29 is 28.9 Å². The summed E-state index contributed by atoms with van der Waals surface area (Å²) in [6.45, 7) is 2.97. The van der Waals surface area contributed by atoms with Crippen molar-refractivity contribution in [1.29, 1.82) is 0 Å². The molecule has 1 aromatic carbocycles. The molecule has 0 bridgehead atoms. The summed E-state index contributed by atoms with van der Waals surface area (Å²) in [4.78, 5) is 43.2. The lowest BCUT2D eigenvalue weighted by Gasteiger charge is -2.24. The monoisotopic (exact) mass is 600 g/mol. The summed E-state index contributed by atoms with van der Waals surface area (Å²) >= 11 is 0. The molecule has 4 unspecified atom stereocenters. The molecule has 0 radical (unpaired) electrons. The van der Waals surface area contributed by atoms with E-state index in [9.17, 15) is 14.7 Å². The van der Waals surface area contributed by atoms with Crippen LogP contribution in [0.5, 0.6) is 0 Å². The van der Waals surface area contributed by atoms with Crippen LogP contribution in [0.3, 0.4) is 0 Å². The van der Waals surface area contributed by atoms with Gasteiger partial charge in [0.2, 0.25) is 0 Å². The Morgan fingerprint density at radius 1 is 1.05 bits per heavy atom. The van der Waals surface area contributed by atoms with E-state index in [1.54, 1.807) is 23.2 Å². The molecule has 0 spiro atoms. The summed E-state index contributed by atoms with van der Waals surface area (Å²) in [5.41, 5.74) is 2.46. The first-order valence-electron chi connectivity index (χ1n) is 14.2. The highest BCUT2D eigenvalue weighted by molar-refractivity contribution is 5.95. The SMILES string of the molecule is CCNC(=O)Nc1ncnc2c1ncn2C1OC(CN(C)Cc2ncccc2C(=O)O)C2O[C@H](C=Cc3ccccc3)OC21. The zero-order valence-corrected chi connectivity index (χ0v) is 24.1. The number of fused-ring (bicyclic) bond motifs is 2. The fraction of sp³-hybridized carbons (Fsp3) is 0.333. The topological polar surface area (TPSA) is 166 Å². The number of pyridine rings is 1. The zero-order chi connectivity index (χ0) is 30.6. The smallest absolute Gasteiger partial charge is 0.337 e. The second-order valence-corrected chi connectivity index (χ2v) is 10.4. The molecule has 5 atom stereocenters. The Morgan fingerprint density at radius 2 is 1.86 bits per heavy atom. The van der Waals surface area contributed by atoms with Crippen molar-refractivity contribution in [3.05, 3.63) is 84.2 Å². The van der Waals surface area contributed by atoms with Gasteiger partial charge in [-0.3, -0.25) is 19.8 Å². The van der Waals surface area contributed by atoms with Gasteiger partial charge < -0.3 is 24.6 Å². The summed E-state index contributed by atoms with van der Waals surface area (Å²) in [7, 11) is 1.87. The third kappa shape index (κ3) is 6.14. The molecule has 2 aliphatic heterocycles. The number of carbonyl (C=O) groups is 2. The van der Waals surface area contributed by atoms with Crippen LogP contribution < -0.4 is 10.6 Å². The molecule has 2 amide bonds. The van der Waals surface area contributed by atoms with E-state index in [-0.39, 0.29) is 11.4 Å². The molecule has 0 aliphatic carbocycles. The number of nitrogens with zero attached hydrogens (tertiary/aromatic N) is 6. The van der Waals surface area contributed by atoms with Gasteiger partial charge in [-0.25, -0.2) is 24.5 Å². The van der Waals surface area contributed by atoms with Crippen molar-refractivity contribution in [2.75, 3.05) is 25.5 Å². The number of nitrogens with one attached hydrogen (secondary N) is 2. The first-order chi connectivity index (χ1) is 21.4. The second-order valence-electron chi connectivity index (χ2n) is 10.4.